The monoisotopic (exact) mass is 503 g/mol. The second-order valence-corrected chi connectivity index (χ2v) is 10.7. The van der Waals surface area contributed by atoms with Crippen molar-refractivity contribution < 1.29 is 22.7 Å². The van der Waals surface area contributed by atoms with Gasteiger partial charge in [0.05, 0.1) is 19.1 Å². The Morgan fingerprint density at radius 2 is 1.83 bits per heavy atom. The summed E-state index contributed by atoms with van der Waals surface area (Å²) in [6.07, 6.45) is 2.84. The third-order valence-electron chi connectivity index (χ3n) is 5.78. The van der Waals surface area contributed by atoms with Crippen molar-refractivity contribution in [3.63, 3.8) is 0 Å². The Morgan fingerprint density at radius 3 is 2.43 bits per heavy atom. The topological polar surface area (TPSA) is 96.0 Å². The molecule has 0 radical (unpaired) electrons. The fraction of sp³-hybridized carbons (Fsp3) is 0.462. The van der Waals surface area contributed by atoms with Crippen molar-refractivity contribution in [1.29, 1.82) is 0 Å². The average Bonchev–Trinajstić information content (AvgIpc) is 2.80. The number of unbranched alkanes of at least 4 members (excludes halogenated alkanes) is 1. The van der Waals surface area contributed by atoms with Gasteiger partial charge in [0.2, 0.25) is 21.8 Å². The number of rotatable bonds is 12. The van der Waals surface area contributed by atoms with E-state index in [2.05, 4.69) is 5.32 Å². The summed E-state index contributed by atoms with van der Waals surface area (Å²) in [6, 6.07) is 11.8. The molecule has 0 fully saturated rings. The van der Waals surface area contributed by atoms with Crippen LogP contribution < -0.4 is 14.4 Å². The van der Waals surface area contributed by atoms with Crippen LogP contribution in [0.2, 0.25) is 0 Å². The number of hydrogen-bond acceptors (Lipinski definition) is 5. The Bertz CT molecular complexity index is 1130. The number of sulfonamides is 1. The van der Waals surface area contributed by atoms with E-state index in [1.807, 2.05) is 39.0 Å². The standard InChI is InChI=1S/C26H37N3O5S/c1-7-8-14-27-26(31)21(4)28(17-22-10-9-11-23(16-22)34-5)25(30)18-29(35(6,32)33)24-13-12-19(2)15-20(24)3/h9-13,15-16,21H,7-8,14,17-18H2,1-6H3,(H,27,31). The number of anilines is 1. The molecule has 2 aromatic rings. The van der Waals surface area contributed by atoms with Crippen LogP contribution in [0, 0.1) is 13.8 Å². The van der Waals surface area contributed by atoms with E-state index in [9.17, 15) is 18.0 Å². The number of carbonyl (C=O) groups is 2. The molecule has 2 aromatic carbocycles. The molecule has 0 aliphatic carbocycles. The third-order valence-corrected chi connectivity index (χ3v) is 6.91. The second-order valence-electron chi connectivity index (χ2n) is 8.75. The van der Waals surface area contributed by atoms with Gasteiger partial charge in [-0.1, -0.05) is 43.2 Å². The van der Waals surface area contributed by atoms with Crippen LogP contribution in [0.1, 0.15) is 43.4 Å². The molecule has 1 N–H and O–H groups in total. The first kappa shape index (κ1) is 28.2. The normalized spacial score (nSPS) is 12.1. The number of nitrogens with zero attached hydrogens (tertiary/aromatic N) is 2. The minimum absolute atomic E-state index is 0.128. The Morgan fingerprint density at radius 1 is 1.11 bits per heavy atom. The van der Waals surface area contributed by atoms with E-state index in [1.54, 1.807) is 38.3 Å². The van der Waals surface area contributed by atoms with Crippen molar-refractivity contribution in [2.45, 2.75) is 53.1 Å². The summed E-state index contributed by atoms with van der Waals surface area (Å²) in [5, 5.41) is 2.87. The number of aryl methyl sites for hydroxylation is 2. The average molecular weight is 504 g/mol. The van der Waals surface area contributed by atoms with E-state index in [4.69, 9.17) is 4.74 Å². The van der Waals surface area contributed by atoms with Gasteiger partial charge in [-0.25, -0.2) is 8.42 Å². The summed E-state index contributed by atoms with van der Waals surface area (Å²) in [4.78, 5) is 27.9. The fourth-order valence-electron chi connectivity index (χ4n) is 3.77. The van der Waals surface area contributed by atoms with E-state index < -0.39 is 28.5 Å². The molecule has 2 rings (SSSR count). The maximum absolute atomic E-state index is 13.6. The molecule has 2 amide bonds. The predicted molar refractivity (Wildman–Crippen MR) is 139 cm³/mol. The van der Waals surface area contributed by atoms with Crippen LogP contribution in [-0.4, -0.2) is 57.6 Å². The SMILES string of the molecule is CCCCNC(=O)C(C)N(Cc1cccc(OC)c1)C(=O)CN(c1ccc(C)cc1C)S(C)(=O)=O. The summed E-state index contributed by atoms with van der Waals surface area (Å²) in [7, 11) is -2.21. The lowest BCUT2D eigenvalue weighted by Crippen LogP contribution is -2.51. The lowest BCUT2D eigenvalue weighted by molar-refractivity contribution is -0.139. The summed E-state index contributed by atoms with van der Waals surface area (Å²) in [6.45, 7) is 7.63. The highest BCUT2D eigenvalue weighted by Crippen LogP contribution is 2.24. The molecule has 192 valence electrons. The number of nitrogens with one attached hydrogen (secondary N) is 1. The zero-order chi connectivity index (χ0) is 26.2. The molecule has 1 atom stereocenters. The molecule has 0 saturated heterocycles. The molecular weight excluding hydrogens is 466 g/mol. The predicted octanol–water partition coefficient (Wildman–Crippen LogP) is 3.41. The minimum Gasteiger partial charge on any atom is -0.497 e. The molecule has 0 spiro atoms. The van der Waals surface area contributed by atoms with Gasteiger partial charge in [0.1, 0.15) is 18.3 Å². The smallest absolute Gasteiger partial charge is 0.244 e. The van der Waals surface area contributed by atoms with Gasteiger partial charge >= 0.3 is 0 Å². The number of methoxy groups -OCH3 is 1. The molecule has 0 bridgehead atoms. The zero-order valence-electron chi connectivity index (χ0n) is 21.5. The number of hydrogen-bond donors (Lipinski definition) is 1. The molecule has 8 nitrogen and oxygen atoms in total. The summed E-state index contributed by atoms with van der Waals surface area (Å²) in [5.74, 6) is -0.133. The van der Waals surface area contributed by atoms with Gasteiger partial charge < -0.3 is 15.0 Å². The lowest BCUT2D eigenvalue weighted by Gasteiger charge is -2.32. The summed E-state index contributed by atoms with van der Waals surface area (Å²) < 4.78 is 31.8. The van der Waals surface area contributed by atoms with E-state index in [0.29, 0.717) is 18.0 Å². The van der Waals surface area contributed by atoms with Gasteiger partial charge in [-0.3, -0.25) is 13.9 Å². The van der Waals surface area contributed by atoms with Gasteiger partial charge in [-0.15, -0.1) is 0 Å². The number of carbonyl (C=O) groups excluding carboxylic acids is 2. The second kappa shape index (κ2) is 12.6. The van der Waals surface area contributed by atoms with Crippen molar-refractivity contribution in [1.82, 2.24) is 10.2 Å². The molecule has 0 aliphatic heterocycles. The fourth-order valence-corrected chi connectivity index (χ4v) is 4.67. The Balaban J connectivity index is 2.40. The third kappa shape index (κ3) is 7.99. The molecule has 0 aliphatic rings. The quantitative estimate of drug-likeness (QED) is 0.448. The van der Waals surface area contributed by atoms with Crippen molar-refractivity contribution in [3.8, 4) is 5.75 Å². The van der Waals surface area contributed by atoms with E-state index >= 15 is 0 Å². The highest BCUT2D eigenvalue weighted by Gasteiger charge is 2.30. The molecule has 0 aromatic heterocycles. The number of amides is 2. The molecule has 35 heavy (non-hydrogen) atoms. The zero-order valence-corrected chi connectivity index (χ0v) is 22.3. The molecule has 1 unspecified atom stereocenters. The molecule has 9 heteroatoms. The van der Waals surface area contributed by atoms with E-state index in [-0.39, 0.29) is 12.5 Å². The maximum atomic E-state index is 13.6. The van der Waals surface area contributed by atoms with Gasteiger partial charge in [0.15, 0.2) is 0 Å². The maximum Gasteiger partial charge on any atom is 0.244 e. The number of ether oxygens (including phenoxy) is 1. The first-order valence-corrected chi connectivity index (χ1v) is 13.6. The summed E-state index contributed by atoms with van der Waals surface area (Å²) in [5.41, 5.74) is 2.94. The van der Waals surface area contributed by atoms with Crippen LogP contribution in [0.15, 0.2) is 42.5 Å². The van der Waals surface area contributed by atoms with Crippen LogP contribution in [0.25, 0.3) is 0 Å². The molecular formula is C26H37N3O5S. The van der Waals surface area contributed by atoms with Gasteiger partial charge in [-0.2, -0.15) is 0 Å². The number of benzene rings is 2. The molecule has 0 heterocycles. The Labute approximate surface area is 209 Å². The van der Waals surface area contributed by atoms with Gasteiger partial charge in [0.25, 0.3) is 0 Å². The van der Waals surface area contributed by atoms with Crippen LogP contribution in [-0.2, 0) is 26.2 Å². The van der Waals surface area contributed by atoms with Crippen LogP contribution in [0.4, 0.5) is 5.69 Å². The van der Waals surface area contributed by atoms with Crippen molar-refractivity contribution >= 4 is 27.5 Å². The largest absolute Gasteiger partial charge is 0.497 e. The van der Waals surface area contributed by atoms with E-state index in [0.717, 1.165) is 40.1 Å². The minimum atomic E-state index is -3.76. The highest BCUT2D eigenvalue weighted by atomic mass is 32.2. The summed E-state index contributed by atoms with van der Waals surface area (Å²) >= 11 is 0. The van der Waals surface area contributed by atoms with Crippen molar-refractivity contribution in [2.75, 3.05) is 30.8 Å². The Kier molecular flexibility index (Phi) is 10.1. The van der Waals surface area contributed by atoms with E-state index in [1.165, 1.54) is 4.90 Å². The van der Waals surface area contributed by atoms with Crippen molar-refractivity contribution in [2.24, 2.45) is 0 Å². The highest BCUT2D eigenvalue weighted by molar-refractivity contribution is 7.92. The van der Waals surface area contributed by atoms with Gasteiger partial charge in [-0.05, 0) is 56.5 Å². The van der Waals surface area contributed by atoms with Crippen LogP contribution >= 0.6 is 0 Å². The molecule has 0 saturated carbocycles. The Hall–Kier alpha value is -3.07. The van der Waals surface area contributed by atoms with Crippen molar-refractivity contribution in [3.05, 3.63) is 59.2 Å². The van der Waals surface area contributed by atoms with Crippen LogP contribution in [0.3, 0.4) is 0 Å². The lowest BCUT2D eigenvalue weighted by atomic mass is 10.1. The van der Waals surface area contributed by atoms with Crippen LogP contribution in [0.5, 0.6) is 5.75 Å². The first-order chi connectivity index (χ1) is 16.5. The first-order valence-electron chi connectivity index (χ1n) is 11.7. The van der Waals surface area contributed by atoms with Gasteiger partial charge in [0, 0.05) is 13.1 Å².